The molecule has 1 fully saturated rings. The summed E-state index contributed by atoms with van der Waals surface area (Å²) in [7, 11) is 0. The van der Waals surface area contributed by atoms with Gasteiger partial charge in [0, 0.05) is 17.6 Å². The zero-order valence-corrected chi connectivity index (χ0v) is 11.6. The van der Waals surface area contributed by atoms with Gasteiger partial charge < -0.3 is 4.90 Å². The van der Waals surface area contributed by atoms with E-state index in [4.69, 9.17) is 0 Å². The lowest BCUT2D eigenvalue weighted by atomic mass is 9.99. The van der Waals surface area contributed by atoms with Crippen molar-refractivity contribution in [2.24, 2.45) is 5.92 Å². The standard InChI is InChI=1S/C13H14BrF2NO/c1-8-3-2-4-17(7-8)13(18)9-5-11(15)12(16)6-10(9)14/h5-6,8H,2-4,7H2,1H3. The Morgan fingerprint density at radius 1 is 1.39 bits per heavy atom. The second-order valence-electron chi connectivity index (χ2n) is 4.74. The third-order valence-corrected chi connectivity index (χ3v) is 3.84. The van der Waals surface area contributed by atoms with Gasteiger partial charge in [-0.05, 0) is 46.8 Å². The van der Waals surface area contributed by atoms with Gasteiger partial charge in [-0.2, -0.15) is 0 Å². The molecule has 1 amide bonds. The molecule has 5 heteroatoms. The average molecular weight is 318 g/mol. The minimum absolute atomic E-state index is 0.183. The molecule has 1 aromatic rings. The fourth-order valence-corrected chi connectivity index (χ4v) is 2.72. The number of amides is 1. The highest BCUT2D eigenvalue weighted by atomic mass is 79.9. The zero-order chi connectivity index (χ0) is 13.3. The molecule has 2 rings (SSSR count). The topological polar surface area (TPSA) is 20.3 Å². The van der Waals surface area contributed by atoms with Crippen molar-refractivity contribution in [1.29, 1.82) is 0 Å². The lowest BCUT2D eigenvalue weighted by Gasteiger charge is -2.31. The second-order valence-corrected chi connectivity index (χ2v) is 5.60. The van der Waals surface area contributed by atoms with Crippen LogP contribution in [0.2, 0.25) is 0 Å². The molecule has 0 N–H and O–H groups in total. The van der Waals surface area contributed by atoms with E-state index in [1.54, 1.807) is 4.90 Å². The van der Waals surface area contributed by atoms with Crippen molar-refractivity contribution in [2.45, 2.75) is 19.8 Å². The van der Waals surface area contributed by atoms with E-state index in [0.717, 1.165) is 25.0 Å². The van der Waals surface area contributed by atoms with Gasteiger partial charge in [0.05, 0.1) is 5.56 Å². The van der Waals surface area contributed by atoms with Crippen LogP contribution in [0, 0.1) is 17.6 Å². The van der Waals surface area contributed by atoms with Gasteiger partial charge in [0.15, 0.2) is 11.6 Å². The van der Waals surface area contributed by atoms with Gasteiger partial charge in [-0.15, -0.1) is 0 Å². The Bertz CT molecular complexity index is 478. The van der Waals surface area contributed by atoms with Crippen molar-refractivity contribution in [3.8, 4) is 0 Å². The number of benzene rings is 1. The molecule has 2 nitrogen and oxygen atoms in total. The highest BCUT2D eigenvalue weighted by molar-refractivity contribution is 9.10. The number of hydrogen-bond donors (Lipinski definition) is 0. The summed E-state index contributed by atoms with van der Waals surface area (Å²) in [6, 6.07) is 1.96. The Balaban J connectivity index is 2.25. The molecular weight excluding hydrogens is 304 g/mol. The van der Waals surface area contributed by atoms with Gasteiger partial charge >= 0.3 is 0 Å². The Morgan fingerprint density at radius 3 is 2.72 bits per heavy atom. The summed E-state index contributed by atoms with van der Waals surface area (Å²) in [6.45, 7) is 3.43. The quantitative estimate of drug-likeness (QED) is 0.725. The van der Waals surface area contributed by atoms with E-state index in [-0.39, 0.29) is 11.5 Å². The lowest BCUT2D eigenvalue weighted by Crippen LogP contribution is -2.39. The average Bonchev–Trinajstić information content (AvgIpc) is 2.33. The van der Waals surface area contributed by atoms with Crippen molar-refractivity contribution in [3.63, 3.8) is 0 Å². The Morgan fingerprint density at radius 2 is 2.06 bits per heavy atom. The zero-order valence-electron chi connectivity index (χ0n) is 10.0. The summed E-state index contributed by atoms with van der Waals surface area (Å²) in [4.78, 5) is 13.9. The number of rotatable bonds is 1. The summed E-state index contributed by atoms with van der Waals surface area (Å²) in [5, 5.41) is 0. The maximum atomic E-state index is 13.2. The van der Waals surface area contributed by atoms with Crippen molar-refractivity contribution in [3.05, 3.63) is 33.8 Å². The van der Waals surface area contributed by atoms with E-state index in [1.807, 2.05) is 0 Å². The number of likely N-dealkylation sites (tertiary alicyclic amines) is 1. The van der Waals surface area contributed by atoms with Crippen LogP contribution in [0.1, 0.15) is 30.1 Å². The van der Waals surface area contributed by atoms with Crippen molar-refractivity contribution >= 4 is 21.8 Å². The molecule has 1 heterocycles. The number of piperidine rings is 1. The molecular formula is C13H14BrF2NO. The summed E-state index contributed by atoms with van der Waals surface area (Å²) in [6.07, 6.45) is 2.05. The van der Waals surface area contributed by atoms with Crippen LogP contribution in [0.3, 0.4) is 0 Å². The van der Waals surface area contributed by atoms with Crippen LogP contribution < -0.4 is 0 Å². The van der Waals surface area contributed by atoms with Crippen LogP contribution in [-0.4, -0.2) is 23.9 Å². The predicted molar refractivity (Wildman–Crippen MR) is 68.4 cm³/mol. The van der Waals surface area contributed by atoms with Gasteiger partial charge in [-0.1, -0.05) is 6.92 Å². The first-order chi connectivity index (χ1) is 8.49. The molecule has 1 saturated heterocycles. The minimum atomic E-state index is -0.994. The summed E-state index contributed by atoms with van der Waals surface area (Å²) < 4.78 is 26.5. The van der Waals surface area contributed by atoms with Gasteiger partial charge in [-0.3, -0.25) is 4.79 Å². The highest BCUT2D eigenvalue weighted by Gasteiger charge is 2.24. The van der Waals surface area contributed by atoms with Crippen LogP contribution in [0.25, 0.3) is 0 Å². The first kappa shape index (κ1) is 13.5. The van der Waals surface area contributed by atoms with Crippen LogP contribution in [0.4, 0.5) is 8.78 Å². The van der Waals surface area contributed by atoms with Crippen LogP contribution in [0.15, 0.2) is 16.6 Å². The third kappa shape index (κ3) is 2.71. The first-order valence-corrected chi connectivity index (χ1v) is 6.72. The monoisotopic (exact) mass is 317 g/mol. The maximum Gasteiger partial charge on any atom is 0.255 e. The highest BCUT2D eigenvalue weighted by Crippen LogP contribution is 2.24. The number of nitrogens with zero attached hydrogens (tertiary/aromatic N) is 1. The number of carbonyl (C=O) groups is 1. The predicted octanol–water partition coefficient (Wildman–Crippen LogP) is 3.60. The molecule has 18 heavy (non-hydrogen) atoms. The van der Waals surface area contributed by atoms with E-state index in [0.29, 0.717) is 23.5 Å². The van der Waals surface area contributed by atoms with Crippen LogP contribution in [0.5, 0.6) is 0 Å². The summed E-state index contributed by atoms with van der Waals surface area (Å²) in [5.41, 5.74) is 0.183. The minimum Gasteiger partial charge on any atom is -0.338 e. The van der Waals surface area contributed by atoms with Crippen molar-refractivity contribution < 1.29 is 13.6 Å². The van der Waals surface area contributed by atoms with Crippen LogP contribution in [-0.2, 0) is 0 Å². The van der Waals surface area contributed by atoms with Gasteiger partial charge in [-0.25, -0.2) is 8.78 Å². The van der Waals surface area contributed by atoms with E-state index >= 15 is 0 Å². The summed E-state index contributed by atoms with van der Waals surface area (Å²) >= 11 is 3.11. The smallest absolute Gasteiger partial charge is 0.255 e. The molecule has 0 bridgehead atoms. The van der Waals surface area contributed by atoms with Crippen molar-refractivity contribution in [1.82, 2.24) is 4.90 Å². The Kier molecular flexibility index (Phi) is 4.00. The Labute approximate surface area is 113 Å². The molecule has 1 atom stereocenters. The molecule has 0 aliphatic carbocycles. The number of hydrogen-bond acceptors (Lipinski definition) is 1. The van der Waals surface area contributed by atoms with Gasteiger partial charge in [0.1, 0.15) is 0 Å². The van der Waals surface area contributed by atoms with Gasteiger partial charge in [0.2, 0.25) is 0 Å². The van der Waals surface area contributed by atoms with E-state index in [2.05, 4.69) is 22.9 Å². The lowest BCUT2D eigenvalue weighted by molar-refractivity contribution is 0.0681. The summed E-state index contributed by atoms with van der Waals surface area (Å²) in [5.74, 6) is -1.74. The van der Waals surface area contributed by atoms with Crippen LogP contribution >= 0.6 is 15.9 Å². The molecule has 0 radical (unpaired) electrons. The molecule has 0 aromatic heterocycles. The maximum absolute atomic E-state index is 13.2. The molecule has 1 aromatic carbocycles. The number of carbonyl (C=O) groups excluding carboxylic acids is 1. The van der Waals surface area contributed by atoms with E-state index in [9.17, 15) is 13.6 Å². The Hall–Kier alpha value is -0.970. The van der Waals surface area contributed by atoms with Gasteiger partial charge in [0.25, 0.3) is 5.91 Å². The molecule has 1 aliphatic heterocycles. The molecule has 1 unspecified atom stereocenters. The fourth-order valence-electron chi connectivity index (χ4n) is 2.23. The fraction of sp³-hybridized carbons (Fsp3) is 0.462. The molecule has 1 aliphatic rings. The normalized spacial score (nSPS) is 20.0. The van der Waals surface area contributed by atoms with E-state index in [1.165, 1.54) is 0 Å². The SMILES string of the molecule is CC1CCCN(C(=O)c2cc(F)c(F)cc2Br)C1. The van der Waals surface area contributed by atoms with E-state index < -0.39 is 11.6 Å². The molecule has 0 spiro atoms. The first-order valence-electron chi connectivity index (χ1n) is 5.93. The van der Waals surface area contributed by atoms with Crippen molar-refractivity contribution in [2.75, 3.05) is 13.1 Å². The largest absolute Gasteiger partial charge is 0.338 e. The molecule has 98 valence electrons. The third-order valence-electron chi connectivity index (χ3n) is 3.18. The second kappa shape index (κ2) is 5.34. The number of halogens is 3. The molecule has 0 saturated carbocycles.